The SMILES string of the molecule is O=C(NCc1ccccc1Cl)N1CCC(C(=O)N2CCCC2)CC1. The molecule has 2 aliphatic heterocycles. The van der Waals surface area contributed by atoms with E-state index in [2.05, 4.69) is 5.32 Å². The average Bonchev–Trinajstić information content (AvgIpc) is 3.15. The first kappa shape index (κ1) is 17.1. The number of nitrogens with one attached hydrogen (secondary N) is 1. The van der Waals surface area contributed by atoms with Crippen LogP contribution in [0.5, 0.6) is 0 Å². The Kier molecular flexibility index (Phi) is 5.61. The zero-order chi connectivity index (χ0) is 16.9. The molecule has 0 bridgehead atoms. The number of urea groups is 1. The van der Waals surface area contributed by atoms with Gasteiger partial charge in [-0.25, -0.2) is 4.79 Å². The van der Waals surface area contributed by atoms with E-state index in [1.807, 2.05) is 29.2 Å². The highest BCUT2D eigenvalue weighted by molar-refractivity contribution is 6.31. The molecule has 0 spiro atoms. The second-order valence-electron chi connectivity index (χ2n) is 6.54. The van der Waals surface area contributed by atoms with Gasteiger partial charge in [0.25, 0.3) is 0 Å². The van der Waals surface area contributed by atoms with Crippen molar-refractivity contribution in [3.05, 3.63) is 34.9 Å². The lowest BCUT2D eigenvalue weighted by molar-refractivity contribution is -0.135. The Hall–Kier alpha value is -1.75. The summed E-state index contributed by atoms with van der Waals surface area (Å²) in [5.41, 5.74) is 0.909. The van der Waals surface area contributed by atoms with Crippen LogP contribution in [0.25, 0.3) is 0 Å². The van der Waals surface area contributed by atoms with Gasteiger partial charge < -0.3 is 15.1 Å². The Morgan fingerprint density at radius 1 is 1.04 bits per heavy atom. The number of amides is 3. The van der Waals surface area contributed by atoms with Gasteiger partial charge in [0.1, 0.15) is 0 Å². The quantitative estimate of drug-likeness (QED) is 0.912. The molecule has 0 unspecified atom stereocenters. The summed E-state index contributed by atoms with van der Waals surface area (Å²) >= 11 is 6.10. The molecule has 0 aromatic heterocycles. The summed E-state index contributed by atoms with van der Waals surface area (Å²) in [5.74, 6) is 0.361. The topological polar surface area (TPSA) is 52.7 Å². The maximum atomic E-state index is 12.4. The predicted molar refractivity (Wildman–Crippen MR) is 93.8 cm³/mol. The van der Waals surface area contributed by atoms with Gasteiger partial charge in [-0.15, -0.1) is 0 Å². The van der Waals surface area contributed by atoms with Gasteiger partial charge in [0, 0.05) is 43.7 Å². The first-order valence-corrected chi connectivity index (χ1v) is 9.08. The Balaban J connectivity index is 1.45. The number of benzene rings is 1. The molecule has 1 N–H and O–H groups in total. The number of hydrogen-bond donors (Lipinski definition) is 1. The van der Waals surface area contributed by atoms with E-state index in [1.54, 1.807) is 4.90 Å². The van der Waals surface area contributed by atoms with Crippen molar-refractivity contribution < 1.29 is 9.59 Å². The molecule has 0 radical (unpaired) electrons. The van der Waals surface area contributed by atoms with E-state index in [1.165, 1.54) is 0 Å². The molecule has 2 fully saturated rings. The lowest BCUT2D eigenvalue weighted by Gasteiger charge is -2.33. The average molecular weight is 350 g/mol. The zero-order valence-corrected chi connectivity index (χ0v) is 14.6. The third-order valence-electron chi connectivity index (χ3n) is 4.94. The molecule has 0 saturated carbocycles. The van der Waals surface area contributed by atoms with Gasteiger partial charge >= 0.3 is 6.03 Å². The summed E-state index contributed by atoms with van der Waals surface area (Å²) in [7, 11) is 0. The second-order valence-corrected chi connectivity index (χ2v) is 6.95. The molecule has 3 rings (SSSR count). The minimum Gasteiger partial charge on any atom is -0.342 e. The molecule has 2 aliphatic rings. The number of nitrogens with zero attached hydrogens (tertiary/aromatic N) is 2. The summed E-state index contributed by atoms with van der Waals surface area (Å²) < 4.78 is 0. The first-order valence-electron chi connectivity index (χ1n) is 8.70. The maximum absolute atomic E-state index is 12.4. The van der Waals surface area contributed by atoms with Gasteiger partial charge in [-0.3, -0.25) is 4.79 Å². The molecular formula is C18H24ClN3O2. The highest BCUT2D eigenvalue weighted by Crippen LogP contribution is 2.22. The normalized spacial score (nSPS) is 18.7. The summed E-state index contributed by atoms with van der Waals surface area (Å²) in [5, 5.41) is 3.58. The molecule has 0 aliphatic carbocycles. The number of carbonyl (C=O) groups is 2. The zero-order valence-electron chi connectivity index (χ0n) is 13.8. The molecule has 2 saturated heterocycles. The fraction of sp³-hybridized carbons (Fsp3) is 0.556. The van der Waals surface area contributed by atoms with Crippen molar-refractivity contribution in [3.63, 3.8) is 0 Å². The minimum atomic E-state index is -0.0815. The van der Waals surface area contributed by atoms with Crippen LogP contribution in [0.2, 0.25) is 5.02 Å². The summed E-state index contributed by atoms with van der Waals surface area (Å²) in [6.45, 7) is 3.50. The summed E-state index contributed by atoms with van der Waals surface area (Å²) in [6, 6.07) is 7.42. The Bertz CT molecular complexity index is 594. The van der Waals surface area contributed by atoms with E-state index in [0.717, 1.165) is 44.3 Å². The largest absolute Gasteiger partial charge is 0.342 e. The van der Waals surface area contributed by atoms with Crippen LogP contribution in [0.4, 0.5) is 4.79 Å². The van der Waals surface area contributed by atoms with Crippen LogP contribution >= 0.6 is 11.6 Å². The van der Waals surface area contributed by atoms with Crippen molar-refractivity contribution in [2.24, 2.45) is 5.92 Å². The van der Waals surface area contributed by atoms with E-state index in [4.69, 9.17) is 11.6 Å². The van der Waals surface area contributed by atoms with Crippen LogP contribution in [0.15, 0.2) is 24.3 Å². The van der Waals surface area contributed by atoms with Crippen LogP contribution in [0.1, 0.15) is 31.2 Å². The molecule has 130 valence electrons. The van der Waals surface area contributed by atoms with Crippen molar-refractivity contribution in [3.8, 4) is 0 Å². The molecule has 24 heavy (non-hydrogen) atoms. The van der Waals surface area contributed by atoms with Crippen LogP contribution in [0, 0.1) is 5.92 Å². The van der Waals surface area contributed by atoms with Gasteiger partial charge in [0.15, 0.2) is 0 Å². The molecule has 1 aromatic carbocycles. The summed E-state index contributed by atoms with van der Waals surface area (Å²) in [4.78, 5) is 28.5. The first-order chi connectivity index (χ1) is 11.6. The predicted octanol–water partition coefficient (Wildman–Crippen LogP) is 2.88. The number of piperidine rings is 1. The van der Waals surface area contributed by atoms with E-state index >= 15 is 0 Å². The standard InChI is InChI=1S/C18H24ClN3O2/c19-16-6-2-1-5-15(16)13-20-18(24)22-11-7-14(8-12-22)17(23)21-9-3-4-10-21/h1-2,5-6,14H,3-4,7-13H2,(H,20,24). The molecule has 6 heteroatoms. The van der Waals surface area contributed by atoms with Crippen LogP contribution in [0.3, 0.4) is 0 Å². The van der Waals surface area contributed by atoms with Gasteiger partial charge in [-0.1, -0.05) is 29.8 Å². The van der Waals surface area contributed by atoms with Gasteiger partial charge in [-0.05, 0) is 37.3 Å². The molecule has 3 amide bonds. The van der Waals surface area contributed by atoms with Crippen LogP contribution in [-0.2, 0) is 11.3 Å². The lowest BCUT2D eigenvalue weighted by Crippen LogP contribution is -2.47. The van der Waals surface area contributed by atoms with E-state index in [-0.39, 0.29) is 17.9 Å². The third-order valence-corrected chi connectivity index (χ3v) is 5.31. The van der Waals surface area contributed by atoms with Gasteiger partial charge in [0.2, 0.25) is 5.91 Å². The van der Waals surface area contributed by atoms with Crippen LogP contribution in [-0.4, -0.2) is 47.9 Å². The van der Waals surface area contributed by atoms with Crippen molar-refractivity contribution >= 4 is 23.5 Å². The smallest absolute Gasteiger partial charge is 0.317 e. The number of rotatable bonds is 3. The van der Waals surface area contributed by atoms with Crippen molar-refractivity contribution in [2.75, 3.05) is 26.2 Å². The van der Waals surface area contributed by atoms with E-state index in [9.17, 15) is 9.59 Å². The van der Waals surface area contributed by atoms with E-state index < -0.39 is 0 Å². The highest BCUT2D eigenvalue weighted by Gasteiger charge is 2.31. The van der Waals surface area contributed by atoms with Crippen molar-refractivity contribution in [1.29, 1.82) is 0 Å². The second kappa shape index (κ2) is 7.88. The maximum Gasteiger partial charge on any atom is 0.317 e. The fourth-order valence-electron chi connectivity index (χ4n) is 3.45. The molecule has 1 aromatic rings. The van der Waals surface area contributed by atoms with E-state index in [0.29, 0.717) is 24.7 Å². The highest BCUT2D eigenvalue weighted by atomic mass is 35.5. The van der Waals surface area contributed by atoms with Crippen molar-refractivity contribution in [1.82, 2.24) is 15.1 Å². The Morgan fingerprint density at radius 2 is 1.71 bits per heavy atom. The molecule has 2 heterocycles. The number of carbonyl (C=O) groups excluding carboxylic acids is 2. The Morgan fingerprint density at radius 3 is 2.38 bits per heavy atom. The Labute approximate surface area is 147 Å². The van der Waals surface area contributed by atoms with Crippen LogP contribution < -0.4 is 5.32 Å². The molecule has 0 atom stereocenters. The van der Waals surface area contributed by atoms with Gasteiger partial charge in [0.05, 0.1) is 0 Å². The molecule has 5 nitrogen and oxygen atoms in total. The summed E-state index contributed by atoms with van der Waals surface area (Å²) in [6.07, 6.45) is 3.76. The molecular weight excluding hydrogens is 326 g/mol. The fourth-order valence-corrected chi connectivity index (χ4v) is 3.65. The monoisotopic (exact) mass is 349 g/mol. The number of halogens is 1. The minimum absolute atomic E-state index is 0.0794. The third kappa shape index (κ3) is 4.01. The lowest BCUT2D eigenvalue weighted by atomic mass is 9.95. The number of hydrogen-bond acceptors (Lipinski definition) is 2. The number of likely N-dealkylation sites (tertiary alicyclic amines) is 2. The van der Waals surface area contributed by atoms with Crippen molar-refractivity contribution in [2.45, 2.75) is 32.2 Å². The van der Waals surface area contributed by atoms with Gasteiger partial charge in [-0.2, -0.15) is 0 Å².